The van der Waals surface area contributed by atoms with E-state index in [1.54, 1.807) is 7.05 Å². The van der Waals surface area contributed by atoms with E-state index >= 15 is 0 Å². The molecular weight excluding hydrogens is 302 g/mol. The molecule has 0 aromatic rings. The van der Waals surface area contributed by atoms with E-state index in [2.05, 4.69) is 16.0 Å². The van der Waals surface area contributed by atoms with E-state index in [-0.39, 0.29) is 18.9 Å². The third-order valence-corrected chi connectivity index (χ3v) is 4.29. The largest absolute Gasteiger partial charge is 0.368 e. The Morgan fingerprint density at radius 2 is 2.04 bits per heavy atom. The Bertz CT molecular complexity index is 547. The summed E-state index contributed by atoms with van der Waals surface area (Å²) in [5.41, 5.74) is 4.92. The zero-order valence-corrected chi connectivity index (χ0v) is 13.5. The molecule has 0 saturated carbocycles. The zero-order chi connectivity index (χ0) is 17.4. The molecule has 0 aliphatic carbocycles. The lowest BCUT2D eigenvalue weighted by molar-refractivity contribution is -0.143. The van der Waals surface area contributed by atoms with Gasteiger partial charge >= 0.3 is 0 Å². The molecule has 0 radical (unpaired) electrons. The molecule has 0 aromatic heterocycles. The molecule has 4 amide bonds. The van der Waals surface area contributed by atoms with Crippen LogP contribution in [0.1, 0.15) is 26.7 Å². The Labute approximate surface area is 134 Å². The number of carbonyl (C=O) groups is 4. The summed E-state index contributed by atoms with van der Waals surface area (Å²) in [6.45, 7) is 3.68. The minimum absolute atomic E-state index is 0.0273. The van der Waals surface area contributed by atoms with Crippen LogP contribution < -0.4 is 21.7 Å². The summed E-state index contributed by atoms with van der Waals surface area (Å²) in [7, 11) is 1.60. The molecule has 23 heavy (non-hydrogen) atoms. The normalized spacial score (nSPS) is 29.5. The van der Waals surface area contributed by atoms with Gasteiger partial charge in [-0.2, -0.15) is 0 Å². The minimum Gasteiger partial charge on any atom is -0.368 e. The lowest BCUT2D eigenvalue weighted by Gasteiger charge is -2.32. The summed E-state index contributed by atoms with van der Waals surface area (Å²) in [5.74, 6) is -1.83. The highest BCUT2D eigenvalue weighted by atomic mass is 16.2. The van der Waals surface area contributed by atoms with Gasteiger partial charge in [0.1, 0.15) is 18.2 Å². The second-order valence-electron chi connectivity index (χ2n) is 6.68. The van der Waals surface area contributed by atoms with Gasteiger partial charge in [0.25, 0.3) is 0 Å². The predicted molar refractivity (Wildman–Crippen MR) is 80.6 cm³/mol. The van der Waals surface area contributed by atoms with Gasteiger partial charge in [0.05, 0.1) is 13.0 Å². The summed E-state index contributed by atoms with van der Waals surface area (Å²) in [5, 5.41) is 7.95. The van der Waals surface area contributed by atoms with Crippen LogP contribution >= 0.6 is 0 Å². The van der Waals surface area contributed by atoms with Gasteiger partial charge in [0.15, 0.2) is 0 Å². The van der Waals surface area contributed by atoms with Crippen molar-refractivity contribution >= 4 is 23.6 Å². The molecule has 2 rings (SSSR count). The number of hydrogen-bond acceptors (Lipinski definition) is 5. The van der Waals surface area contributed by atoms with Crippen molar-refractivity contribution in [3.63, 3.8) is 0 Å². The number of fused-ring (bicyclic) bond motifs is 1. The third-order valence-electron chi connectivity index (χ3n) is 4.29. The molecule has 0 spiro atoms. The number of primary amides is 1. The molecule has 2 heterocycles. The number of likely N-dealkylation sites (N-methyl/N-ethyl adjacent to an activating group) is 1. The first-order valence-electron chi connectivity index (χ1n) is 7.52. The van der Waals surface area contributed by atoms with Crippen molar-refractivity contribution in [2.24, 2.45) is 11.1 Å². The van der Waals surface area contributed by atoms with Crippen molar-refractivity contribution < 1.29 is 19.2 Å². The molecule has 5 N–H and O–H groups in total. The Hall–Kier alpha value is -2.16. The smallest absolute Gasteiger partial charge is 0.248 e. The summed E-state index contributed by atoms with van der Waals surface area (Å²) >= 11 is 0. The van der Waals surface area contributed by atoms with Crippen molar-refractivity contribution in [2.45, 2.75) is 44.9 Å². The fraction of sp³-hybridized carbons (Fsp3) is 0.714. The lowest BCUT2D eigenvalue weighted by atomic mass is 9.83. The van der Waals surface area contributed by atoms with Crippen molar-refractivity contribution in [1.82, 2.24) is 20.9 Å². The maximum atomic E-state index is 12.8. The predicted octanol–water partition coefficient (Wildman–Crippen LogP) is -2.35. The number of nitrogens with zero attached hydrogens (tertiary/aromatic N) is 1. The summed E-state index contributed by atoms with van der Waals surface area (Å²) in [6, 6.07) is -1.83. The molecule has 128 valence electrons. The number of hydrogen-bond donors (Lipinski definition) is 4. The van der Waals surface area contributed by atoms with E-state index in [1.165, 1.54) is 4.90 Å². The van der Waals surface area contributed by atoms with Gasteiger partial charge in [0.2, 0.25) is 23.6 Å². The first kappa shape index (κ1) is 17.2. The quantitative estimate of drug-likeness (QED) is 0.459. The molecule has 3 atom stereocenters. The lowest BCUT2D eigenvalue weighted by Crippen LogP contribution is -2.57. The molecule has 0 aromatic carbocycles. The highest BCUT2D eigenvalue weighted by molar-refractivity contribution is 5.97. The van der Waals surface area contributed by atoms with Gasteiger partial charge in [-0.25, -0.2) is 0 Å². The first-order valence-corrected chi connectivity index (χ1v) is 7.52. The van der Waals surface area contributed by atoms with E-state index < -0.39 is 41.4 Å². The third kappa shape index (κ3) is 3.29. The highest BCUT2D eigenvalue weighted by Crippen LogP contribution is 2.40. The summed E-state index contributed by atoms with van der Waals surface area (Å²) in [4.78, 5) is 49.8. The van der Waals surface area contributed by atoms with Crippen molar-refractivity contribution in [2.75, 3.05) is 13.6 Å². The fourth-order valence-corrected chi connectivity index (χ4v) is 3.40. The molecular formula is C14H23N5O4. The van der Waals surface area contributed by atoms with Crippen LogP contribution in [0.25, 0.3) is 0 Å². The van der Waals surface area contributed by atoms with E-state index in [0.29, 0.717) is 6.42 Å². The van der Waals surface area contributed by atoms with Gasteiger partial charge in [-0.15, -0.1) is 0 Å². The van der Waals surface area contributed by atoms with E-state index in [9.17, 15) is 19.2 Å². The Kier molecular flexibility index (Phi) is 4.60. The first-order chi connectivity index (χ1) is 10.7. The zero-order valence-electron chi connectivity index (χ0n) is 13.5. The SMILES string of the molecule is CNCC(=O)N[C@H]1CC(=O)NC2CC(C)(C)C(C(N)=O)N2C1=O. The van der Waals surface area contributed by atoms with Crippen molar-refractivity contribution in [3.8, 4) is 0 Å². The molecule has 2 fully saturated rings. The van der Waals surface area contributed by atoms with Gasteiger partial charge in [-0.3, -0.25) is 19.2 Å². The minimum atomic E-state index is -1.00. The molecule has 2 aliphatic heterocycles. The van der Waals surface area contributed by atoms with Gasteiger partial charge in [0, 0.05) is 0 Å². The topological polar surface area (TPSA) is 134 Å². The second kappa shape index (κ2) is 6.15. The second-order valence-corrected chi connectivity index (χ2v) is 6.68. The molecule has 9 nitrogen and oxygen atoms in total. The van der Waals surface area contributed by atoms with Crippen molar-refractivity contribution in [1.29, 1.82) is 0 Å². The molecule has 2 saturated heterocycles. The van der Waals surface area contributed by atoms with E-state index in [1.807, 2.05) is 13.8 Å². The maximum absolute atomic E-state index is 12.8. The van der Waals surface area contributed by atoms with Crippen LogP contribution in [-0.4, -0.2) is 60.4 Å². The van der Waals surface area contributed by atoms with Gasteiger partial charge in [-0.1, -0.05) is 13.8 Å². The van der Waals surface area contributed by atoms with Crippen LogP contribution in [0.5, 0.6) is 0 Å². The van der Waals surface area contributed by atoms with Crippen molar-refractivity contribution in [3.05, 3.63) is 0 Å². The van der Waals surface area contributed by atoms with Gasteiger partial charge < -0.3 is 26.6 Å². The van der Waals surface area contributed by atoms with Crippen LogP contribution in [0, 0.1) is 5.41 Å². The molecule has 0 bridgehead atoms. The fourth-order valence-electron chi connectivity index (χ4n) is 3.40. The average molecular weight is 325 g/mol. The Morgan fingerprint density at radius 3 is 2.61 bits per heavy atom. The molecule has 9 heteroatoms. The van der Waals surface area contributed by atoms with E-state index in [4.69, 9.17) is 5.73 Å². The number of carbonyl (C=O) groups excluding carboxylic acids is 4. The monoisotopic (exact) mass is 325 g/mol. The number of amides is 4. The standard InChI is InChI=1S/C14H23N5O4/c1-14(2)5-8-18-9(20)4-7(17-10(21)6-16-3)13(23)19(8)11(14)12(15)22/h7-8,11,16H,4-6H2,1-3H3,(H2,15,22)(H,17,21)(H,18,20)/t7-,8?,11?/m0/s1. The maximum Gasteiger partial charge on any atom is 0.248 e. The summed E-state index contributed by atoms with van der Waals surface area (Å²) in [6.07, 6.45) is -0.323. The number of nitrogens with one attached hydrogen (secondary N) is 3. The number of nitrogens with two attached hydrogens (primary N) is 1. The van der Waals surface area contributed by atoms with Crippen LogP contribution in [-0.2, 0) is 19.2 Å². The molecule has 2 unspecified atom stereocenters. The average Bonchev–Trinajstić information content (AvgIpc) is 2.62. The summed E-state index contributed by atoms with van der Waals surface area (Å²) < 4.78 is 0. The van der Waals surface area contributed by atoms with Gasteiger partial charge in [-0.05, 0) is 18.9 Å². The van der Waals surface area contributed by atoms with Crippen LogP contribution in [0.15, 0.2) is 0 Å². The Morgan fingerprint density at radius 1 is 1.39 bits per heavy atom. The Balaban J connectivity index is 2.30. The van der Waals surface area contributed by atoms with Crippen LogP contribution in [0.3, 0.4) is 0 Å². The van der Waals surface area contributed by atoms with E-state index in [0.717, 1.165) is 0 Å². The highest BCUT2D eigenvalue weighted by Gasteiger charge is 2.54. The number of rotatable bonds is 4. The molecule has 2 aliphatic rings. The van der Waals surface area contributed by atoms with Crippen LogP contribution in [0.2, 0.25) is 0 Å². The van der Waals surface area contributed by atoms with Crippen LogP contribution in [0.4, 0.5) is 0 Å².